The lowest BCUT2D eigenvalue weighted by Gasteiger charge is -1.99. The highest BCUT2D eigenvalue weighted by molar-refractivity contribution is 7.11. The number of thiazole rings is 1. The maximum atomic E-state index is 11.3. The molecule has 0 saturated carbocycles. The fourth-order valence-electron chi connectivity index (χ4n) is 1.11. The molecule has 0 amide bonds. The number of rotatable bonds is 4. The lowest BCUT2D eigenvalue weighted by molar-refractivity contribution is 0.0525. The molecule has 1 rings (SSSR count). The van der Waals surface area contributed by atoms with E-state index < -0.39 is 0 Å². The van der Waals surface area contributed by atoms with E-state index in [2.05, 4.69) is 18.8 Å². The molecular formula is C10H15NO2S. The number of carbonyl (C=O) groups is 1. The highest BCUT2D eigenvalue weighted by Crippen LogP contribution is 2.14. The number of ether oxygens (including phenoxy) is 1. The van der Waals surface area contributed by atoms with E-state index in [4.69, 9.17) is 4.74 Å². The highest BCUT2D eigenvalue weighted by atomic mass is 32.1. The Labute approximate surface area is 88.1 Å². The van der Waals surface area contributed by atoms with Crippen LogP contribution in [0.3, 0.4) is 0 Å². The molecule has 0 aromatic carbocycles. The minimum Gasteiger partial charge on any atom is -0.461 e. The van der Waals surface area contributed by atoms with Crippen molar-refractivity contribution < 1.29 is 9.53 Å². The SMILES string of the molecule is CCOC(=O)c1nc(CC(C)C)cs1. The number of aromatic nitrogens is 1. The second kappa shape index (κ2) is 5.10. The zero-order valence-corrected chi connectivity index (χ0v) is 9.56. The average Bonchev–Trinajstić information content (AvgIpc) is 2.52. The monoisotopic (exact) mass is 213 g/mol. The number of hydrogen-bond donors (Lipinski definition) is 0. The molecule has 0 radical (unpaired) electrons. The van der Waals surface area contributed by atoms with Crippen LogP contribution in [0, 0.1) is 5.92 Å². The summed E-state index contributed by atoms with van der Waals surface area (Å²) in [5.74, 6) is 0.250. The van der Waals surface area contributed by atoms with Gasteiger partial charge >= 0.3 is 5.97 Å². The topological polar surface area (TPSA) is 39.2 Å². The third kappa shape index (κ3) is 3.10. The highest BCUT2D eigenvalue weighted by Gasteiger charge is 2.12. The summed E-state index contributed by atoms with van der Waals surface area (Å²) in [5.41, 5.74) is 0.980. The first-order valence-corrected chi connectivity index (χ1v) is 5.63. The van der Waals surface area contributed by atoms with Gasteiger partial charge in [0.2, 0.25) is 5.01 Å². The average molecular weight is 213 g/mol. The summed E-state index contributed by atoms with van der Waals surface area (Å²) in [6.45, 7) is 6.45. The van der Waals surface area contributed by atoms with Gasteiger partial charge in [-0.1, -0.05) is 13.8 Å². The Morgan fingerprint density at radius 3 is 2.93 bits per heavy atom. The zero-order valence-electron chi connectivity index (χ0n) is 8.74. The second-order valence-electron chi connectivity index (χ2n) is 3.46. The first kappa shape index (κ1) is 11.2. The molecule has 0 aliphatic rings. The van der Waals surface area contributed by atoms with Crippen molar-refractivity contribution in [2.75, 3.05) is 6.61 Å². The molecule has 4 heteroatoms. The molecule has 0 spiro atoms. The first-order valence-electron chi connectivity index (χ1n) is 4.75. The van der Waals surface area contributed by atoms with Crippen LogP contribution < -0.4 is 0 Å². The van der Waals surface area contributed by atoms with Crippen molar-refractivity contribution in [3.63, 3.8) is 0 Å². The van der Waals surface area contributed by atoms with Crippen molar-refractivity contribution in [2.24, 2.45) is 5.92 Å². The fraction of sp³-hybridized carbons (Fsp3) is 0.600. The van der Waals surface area contributed by atoms with E-state index in [0.29, 0.717) is 17.5 Å². The van der Waals surface area contributed by atoms with Crippen LogP contribution in [0.5, 0.6) is 0 Å². The summed E-state index contributed by atoms with van der Waals surface area (Å²) < 4.78 is 4.86. The molecule has 78 valence electrons. The Balaban J connectivity index is 2.63. The van der Waals surface area contributed by atoms with E-state index in [9.17, 15) is 4.79 Å². The summed E-state index contributed by atoms with van der Waals surface area (Å²) >= 11 is 1.35. The summed E-state index contributed by atoms with van der Waals surface area (Å²) in [6.07, 6.45) is 0.913. The van der Waals surface area contributed by atoms with Gasteiger partial charge in [0.25, 0.3) is 0 Å². The fourth-order valence-corrected chi connectivity index (χ4v) is 1.83. The van der Waals surface area contributed by atoms with Gasteiger partial charge in [0, 0.05) is 5.38 Å². The predicted molar refractivity (Wildman–Crippen MR) is 56.6 cm³/mol. The molecule has 0 unspecified atom stereocenters. The largest absolute Gasteiger partial charge is 0.461 e. The van der Waals surface area contributed by atoms with Crippen LogP contribution >= 0.6 is 11.3 Å². The summed E-state index contributed by atoms with van der Waals surface area (Å²) in [6, 6.07) is 0. The maximum absolute atomic E-state index is 11.3. The number of nitrogens with zero attached hydrogens (tertiary/aromatic N) is 1. The predicted octanol–water partition coefficient (Wildman–Crippen LogP) is 2.52. The second-order valence-corrected chi connectivity index (χ2v) is 4.32. The molecule has 0 bridgehead atoms. The standard InChI is InChI=1S/C10H15NO2S/c1-4-13-10(12)9-11-8(6-14-9)5-7(2)3/h6-7H,4-5H2,1-3H3. The van der Waals surface area contributed by atoms with Gasteiger partial charge in [0.05, 0.1) is 12.3 Å². The zero-order chi connectivity index (χ0) is 10.6. The number of esters is 1. The summed E-state index contributed by atoms with van der Waals surface area (Å²) in [7, 11) is 0. The van der Waals surface area contributed by atoms with Crippen LogP contribution in [0.4, 0.5) is 0 Å². The third-order valence-corrected chi connectivity index (χ3v) is 2.49. The first-order chi connectivity index (χ1) is 6.63. The van der Waals surface area contributed by atoms with Gasteiger partial charge in [-0.25, -0.2) is 9.78 Å². The van der Waals surface area contributed by atoms with E-state index in [0.717, 1.165) is 12.1 Å². The molecule has 0 N–H and O–H groups in total. The van der Waals surface area contributed by atoms with Crippen LogP contribution in [0.15, 0.2) is 5.38 Å². The van der Waals surface area contributed by atoms with E-state index in [1.165, 1.54) is 11.3 Å². The van der Waals surface area contributed by atoms with Gasteiger partial charge in [-0.05, 0) is 19.3 Å². The van der Waals surface area contributed by atoms with Crippen molar-refractivity contribution in [3.8, 4) is 0 Å². The Morgan fingerprint density at radius 1 is 1.64 bits per heavy atom. The Morgan fingerprint density at radius 2 is 2.36 bits per heavy atom. The minimum absolute atomic E-state index is 0.312. The van der Waals surface area contributed by atoms with Crippen LogP contribution in [-0.4, -0.2) is 17.6 Å². The quantitative estimate of drug-likeness (QED) is 0.721. The summed E-state index contributed by atoms with van der Waals surface area (Å²) in [4.78, 5) is 15.5. The minimum atomic E-state index is -0.312. The van der Waals surface area contributed by atoms with Crippen LogP contribution in [-0.2, 0) is 11.2 Å². The van der Waals surface area contributed by atoms with Crippen LogP contribution in [0.2, 0.25) is 0 Å². The van der Waals surface area contributed by atoms with Gasteiger partial charge in [-0.15, -0.1) is 11.3 Å². The third-order valence-electron chi connectivity index (χ3n) is 1.62. The summed E-state index contributed by atoms with van der Waals surface area (Å²) in [5, 5.41) is 2.38. The maximum Gasteiger partial charge on any atom is 0.367 e. The van der Waals surface area contributed by atoms with Gasteiger partial charge in [-0.3, -0.25) is 0 Å². The number of carbonyl (C=O) groups excluding carboxylic acids is 1. The Hall–Kier alpha value is -0.900. The van der Waals surface area contributed by atoms with E-state index in [-0.39, 0.29) is 5.97 Å². The molecule has 1 aromatic heterocycles. The molecule has 0 aliphatic carbocycles. The molecule has 1 aromatic rings. The molecule has 0 atom stereocenters. The normalized spacial score (nSPS) is 10.6. The molecule has 14 heavy (non-hydrogen) atoms. The van der Waals surface area contributed by atoms with Gasteiger partial charge < -0.3 is 4.74 Å². The van der Waals surface area contributed by atoms with E-state index >= 15 is 0 Å². The van der Waals surface area contributed by atoms with Crippen molar-refractivity contribution in [1.29, 1.82) is 0 Å². The molecule has 3 nitrogen and oxygen atoms in total. The molecule has 0 fully saturated rings. The van der Waals surface area contributed by atoms with Crippen molar-refractivity contribution in [2.45, 2.75) is 27.2 Å². The van der Waals surface area contributed by atoms with Crippen molar-refractivity contribution in [1.82, 2.24) is 4.98 Å². The molecule has 0 aliphatic heterocycles. The van der Waals surface area contributed by atoms with Gasteiger partial charge in [-0.2, -0.15) is 0 Å². The van der Waals surface area contributed by atoms with Gasteiger partial charge in [0.15, 0.2) is 0 Å². The lowest BCUT2D eigenvalue weighted by atomic mass is 10.1. The smallest absolute Gasteiger partial charge is 0.367 e. The van der Waals surface area contributed by atoms with Crippen molar-refractivity contribution in [3.05, 3.63) is 16.1 Å². The Bertz CT molecular complexity index is 307. The lowest BCUT2D eigenvalue weighted by Crippen LogP contribution is -2.04. The Kier molecular flexibility index (Phi) is 4.07. The molecule has 1 heterocycles. The number of hydrogen-bond acceptors (Lipinski definition) is 4. The molecule has 0 saturated heterocycles. The van der Waals surface area contributed by atoms with Crippen molar-refractivity contribution >= 4 is 17.3 Å². The molecular weight excluding hydrogens is 198 g/mol. The van der Waals surface area contributed by atoms with Crippen LogP contribution in [0.1, 0.15) is 36.3 Å². The van der Waals surface area contributed by atoms with E-state index in [1.54, 1.807) is 6.92 Å². The van der Waals surface area contributed by atoms with Gasteiger partial charge in [0.1, 0.15) is 0 Å². The van der Waals surface area contributed by atoms with E-state index in [1.807, 2.05) is 5.38 Å². The van der Waals surface area contributed by atoms with Crippen LogP contribution in [0.25, 0.3) is 0 Å².